The molecule has 0 bridgehead atoms. The molecule has 1 aliphatic heterocycles. The quantitative estimate of drug-likeness (QED) is 0.939. The Kier molecular flexibility index (Phi) is 4.29. The topological polar surface area (TPSA) is 70.5 Å². The Morgan fingerprint density at radius 1 is 1.29 bits per heavy atom. The predicted octanol–water partition coefficient (Wildman–Crippen LogP) is 3.14. The number of carboxylic acid groups (broad SMARTS) is 1. The fourth-order valence-corrected chi connectivity index (χ4v) is 3.19. The summed E-state index contributed by atoms with van der Waals surface area (Å²) in [6, 6.07) is 8.87. The molecule has 2 aromatic rings. The van der Waals surface area contributed by atoms with Crippen LogP contribution >= 0.6 is 0 Å². The molecule has 5 nitrogen and oxygen atoms in total. The number of halogens is 1. The van der Waals surface area contributed by atoms with E-state index in [4.69, 9.17) is 5.11 Å². The van der Waals surface area contributed by atoms with Crippen LogP contribution in [0.4, 0.5) is 4.39 Å². The van der Waals surface area contributed by atoms with Gasteiger partial charge in [-0.2, -0.15) is 0 Å². The molecule has 1 aliphatic rings. The van der Waals surface area contributed by atoms with E-state index in [2.05, 4.69) is 4.98 Å². The number of pyridine rings is 1. The van der Waals surface area contributed by atoms with Crippen molar-refractivity contribution in [1.82, 2.24) is 9.88 Å². The third kappa shape index (κ3) is 2.99. The average molecular weight is 328 g/mol. The molecule has 2 atom stereocenters. The summed E-state index contributed by atoms with van der Waals surface area (Å²) in [4.78, 5) is 29.1. The van der Waals surface area contributed by atoms with Gasteiger partial charge in [0.05, 0.1) is 11.6 Å². The Hall–Kier alpha value is -2.76. The fraction of sp³-hybridized carbons (Fsp3) is 0.278. The molecule has 1 saturated heterocycles. The van der Waals surface area contributed by atoms with Crippen molar-refractivity contribution in [2.45, 2.75) is 19.4 Å². The normalized spacial score (nSPS) is 20.2. The third-order valence-corrected chi connectivity index (χ3v) is 4.38. The van der Waals surface area contributed by atoms with E-state index in [0.29, 0.717) is 12.1 Å². The first-order valence-electron chi connectivity index (χ1n) is 7.73. The summed E-state index contributed by atoms with van der Waals surface area (Å²) in [6.07, 6.45) is 2.10. The van der Waals surface area contributed by atoms with E-state index in [1.165, 1.54) is 30.5 Å². The highest BCUT2D eigenvalue weighted by Crippen LogP contribution is 2.38. The van der Waals surface area contributed by atoms with E-state index in [9.17, 15) is 14.0 Å². The second-order valence-electron chi connectivity index (χ2n) is 6.00. The van der Waals surface area contributed by atoms with E-state index in [-0.39, 0.29) is 29.4 Å². The van der Waals surface area contributed by atoms with Gasteiger partial charge in [-0.3, -0.25) is 4.79 Å². The lowest BCUT2D eigenvalue weighted by Gasteiger charge is -2.27. The number of nitrogens with zero attached hydrogens (tertiary/aromatic N) is 2. The van der Waals surface area contributed by atoms with Crippen LogP contribution in [0.1, 0.15) is 45.8 Å². The monoisotopic (exact) mass is 328 g/mol. The molecule has 6 heteroatoms. The van der Waals surface area contributed by atoms with Gasteiger partial charge in [-0.15, -0.1) is 0 Å². The summed E-state index contributed by atoms with van der Waals surface area (Å²) in [5.41, 5.74) is 0.988. The van der Waals surface area contributed by atoms with Gasteiger partial charge in [0, 0.05) is 12.7 Å². The maximum absolute atomic E-state index is 13.5. The van der Waals surface area contributed by atoms with Crippen molar-refractivity contribution in [3.8, 4) is 0 Å². The Morgan fingerprint density at radius 3 is 2.71 bits per heavy atom. The van der Waals surface area contributed by atoms with Crippen molar-refractivity contribution in [1.29, 1.82) is 0 Å². The minimum absolute atomic E-state index is 0.108. The number of carbonyl (C=O) groups is 2. The molecule has 0 saturated carbocycles. The average Bonchev–Trinajstić information content (AvgIpc) is 2.96. The molecular weight excluding hydrogens is 311 g/mol. The summed E-state index contributed by atoms with van der Waals surface area (Å²) in [6.45, 7) is 2.61. The van der Waals surface area contributed by atoms with Crippen molar-refractivity contribution >= 4 is 11.9 Å². The Morgan fingerprint density at radius 2 is 2.08 bits per heavy atom. The zero-order chi connectivity index (χ0) is 17.3. The molecule has 1 fully saturated rings. The lowest BCUT2D eigenvalue weighted by Crippen LogP contribution is -2.32. The molecule has 0 radical (unpaired) electrons. The first kappa shape index (κ1) is 16.1. The Bertz CT molecular complexity index is 776. The standard InChI is InChI=1S/C18H17FN2O3/c1-11-7-8-21(16(11)12-3-2-4-14(19)9-12)17(22)13-5-6-15(18(23)24)20-10-13/h2-6,9-11,16H,7-8H2,1H3,(H,23,24)/t11-,16-/m0/s1. The molecule has 24 heavy (non-hydrogen) atoms. The van der Waals surface area contributed by atoms with Crippen LogP contribution in [0, 0.1) is 11.7 Å². The zero-order valence-corrected chi connectivity index (χ0v) is 13.1. The SMILES string of the molecule is C[C@H]1CCN(C(=O)c2ccc(C(=O)O)nc2)[C@@H]1c1cccc(F)c1. The molecule has 124 valence electrons. The van der Waals surface area contributed by atoms with Crippen LogP contribution in [0.3, 0.4) is 0 Å². The Labute approximate surface area is 138 Å². The first-order chi connectivity index (χ1) is 11.5. The van der Waals surface area contributed by atoms with Gasteiger partial charge in [0.15, 0.2) is 0 Å². The number of aromatic carboxylic acids is 1. The summed E-state index contributed by atoms with van der Waals surface area (Å²) in [7, 11) is 0. The van der Waals surface area contributed by atoms with Crippen LogP contribution < -0.4 is 0 Å². The van der Waals surface area contributed by atoms with Gasteiger partial charge in [-0.25, -0.2) is 14.2 Å². The Balaban J connectivity index is 1.89. The van der Waals surface area contributed by atoms with Crippen molar-refractivity contribution < 1.29 is 19.1 Å². The minimum atomic E-state index is -1.14. The molecule has 0 unspecified atom stereocenters. The van der Waals surface area contributed by atoms with E-state index < -0.39 is 5.97 Å². The molecular formula is C18H17FN2O3. The fourth-order valence-electron chi connectivity index (χ4n) is 3.19. The van der Waals surface area contributed by atoms with Crippen molar-refractivity contribution in [3.05, 3.63) is 65.2 Å². The van der Waals surface area contributed by atoms with Crippen LogP contribution in [0.2, 0.25) is 0 Å². The van der Waals surface area contributed by atoms with E-state index in [1.54, 1.807) is 11.0 Å². The summed E-state index contributed by atoms with van der Waals surface area (Å²) in [5, 5.41) is 8.88. The van der Waals surface area contributed by atoms with E-state index in [0.717, 1.165) is 12.0 Å². The maximum atomic E-state index is 13.5. The lowest BCUT2D eigenvalue weighted by atomic mass is 9.95. The molecule has 0 spiro atoms. The van der Waals surface area contributed by atoms with Gasteiger partial charge in [0.25, 0.3) is 5.91 Å². The smallest absolute Gasteiger partial charge is 0.354 e. The van der Waals surface area contributed by atoms with Crippen LogP contribution in [-0.4, -0.2) is 33.4 Å². The van der Waals surface area contributed by atoms with Gasteiger partial charge in [0.1, 0.15) is 11.5 Å². The molecule has 0 aliphatic carbocycles. The number of carboxylic acids is 1. The molecule has 1 amide bonds. The van der Waals surface area contributed by atoms with Crippen LogP contribution in [0.15, 0.2) is 42.6 Å². The number of benzene rings is 1. The molecule has 1 aromatic carbocycles. The van der Waals surface area contributed by atoms with Crippen LogP contribution in [-0.2, 0) is 0 Å². The number of hydrogen-bond acceptors (Lipinski definition) is 3. The summed E-state index contributed by atoms with van der Waals surface area (Å²) < 4.78 is 13.5. The zero-order valence-electron chi connectivity index (χ0n) is 13.1. The second kappa shape index (κ2) is 6.39. The number of rotatable bonds is 3. The van der Waals surface area contributed by atoms with Crippen LogP contribution in [0.5, 0.6) is 0 Å². The number of carbonyl (C=O) groups excluding carboxylic acids is 1. The highest BCUT2D eigenvalue weighted by Gasteiger charge is 2.36. The van der Waals surface area contributed by atoms with Crippen molar-refractivity contribution in [2.24, 2.45) is 5.92 Å². The number of amides is 1. The second-order valence-corrected chi connectivity index (χ2v) is 6.00. The summed E-state index contributed by atoms with van der Waals surface area (Å²) in [5.74, 6) is -1.48. The van der Waals surface area contributed by atoms with Crippen molar-refractivity contribution in [2.75, 3.05) is 6.54 Å². The first-order valence-corrected chi connectivity index (χ1v) is 7.73. The van der Waals surface area contributed by atoms with Gasteiger partial charge in [-0.1, -0.05) is 19.1 Å². The van der Waals surface area contributed by atoms with Crippen molar-refractivity contribution in [3.63, 3.8) is 0 Å². The van der Waals surface area contributed by atoms with E-state index in [1.807, 2.05) is 13.0 Å². The molecule has 2 heterocycles. The minimum Gasteiger partial charge on any atom is -0.477 e. The highest BCUT2D eigenvalue weighted by molar-refractivity contribution is 5.95. The summed E-state index contributed by atoms with van der Waals surface area (Å²) >= 11 is 0. The molecule has 1 N–H and O–H groups in total. The number of aromatic nitrogens is 1. The number of hydrogen-bond donors (Lipinski definition) is 1. The molecule has 3 rings (SSSR count). The highest BCUT2D eigenvalue weighted by atomic mass is 19.1. The van der Waals surface area contributed by atoms with Gasteiger partial charge in [0.2, 0.25) is 0 Å². The van der Waals surface area contributed by atoms with Gasteiger partial charge in [-0.05, 0) is 42.2 Å². The predicted molar refractivity (Wildman–Crippen MR) is 85.2 cm³/mol. The largest absolute Gasteiger partial charge is 0.477 e. The number of likely N-dealkylation sites (tertiary alicyclic amines) is 1. The van der Waals surface area contributed by atoms with E-state index >= 15 is 0 Å². The van der Waals surface area contributed by atoms with Gasteiger partial charge >= 0.3 is 5.97 Å². The van der Waals surface area contributed by atoms with Crippen LogP contribution in [0.25, 0.3) is 0 Å². The molecule has 1 aromatic heterocycles. The third-order valence-electron chi connectivity index (χ3n) is 4.38. The maximum Gasteiger partial charge on any atom is 0.354 e. The van der Waals surface area contributed by atoms with Gasteiger partial charge < -0.3 is 10.0 Å². The lowest BCUT2D eigenvalue weighted by molar-refractivity contribution is 0.0684.